The number of hydrogen-bond donors (Lipinski definition) is 0. The van der Waals surface area contributed by atoms with Crippen LogP contribution < -0.4 is 0 Å². The lowest BCUT2D eigenvalue weighted by Crippen LogP contribution is -2.17. The van der Waals surface area contributed by atoms with Crippen LogP contribution in [0.2, 0.25) is 5.02 Å². The second-order valence-corrected chi connectivity index (χ2v) is 6.11. The molecule has 0 radical (unpaired) electrons. The van der Waals surface area contributed by atoms with E-state index in [1.165, 1.54) is 0 Å². The zero-order valence-electron chi connectivity index (χ0n) is 13.7. The van der Waals surface area contributed by atoms with E-state index in [0.29, 0.717) is 30.0 Å². The molecule has 0 aliphatic carbocycles. The van der Waals surface area contributed by atoms with E-state index in [2.05, 4.69) is 0 Å². The standard InChI is InChI=1S/C17H23ClO5/c1-12(2)11-22-17(20)21-9-5-6-13(3)23-16(19)14-7-4-8-15(18)10-14/h4,7-8,10,12-13H,5-6,9,11H2,1-3H3. The van der Waals surface area contributed by atoms with Gasteiger partial charge in [0.1, 0.15) is 0 Å². The van der Waals surface area contributed by atoms with Crippen LogP contribution in [0.25, 0.3) is 0 Å². The van der Waals surface area contributed by atoms with Crippen molar-refractivity contribution in [1.82, 2.24) is 0 Å². The molecule has 23 heavy (non-hydrogen) atoms. The molecule has 1 aromatic carbocycles. The number of carbonyl (C=O) groups excluding carboxylic acids is 2. The summed E-state index contributed by atoms with van der Waals surface area (Å²) in [7, 11) is 0. The highest BCUT2D eigenvalue weighted by atomic mass is 35.5. The maximum absolute atomic E-state index is 11.9. The van der Waals surface area contributed by atoms with E-state index in [-0.39, 0.29) is 18.6 Å². The van der Waals surface area contributed by atoms with Gasteiger partial charge in [0.25, 0.3) is 0 Å². The summed E-state index contributed by atoms with van der Waals surface area (Å²) in [5.74, 6) is -0.147. The fourth-order valence-corrected chi connectivity index (χ4v) is 1.92. The Kier molecular flexibility index (Phi) is 8.48. The van der Waals surface area contributed by atoms with E-state index in [1.54, 1.807) is 31.2 Å². The SMILES string of the molecule is CC(C)COC(=O)OCCCC(C)OC(=O)c1cccc(Cl)c1. The van der Waals surface area contributed by atoms with Gasteiger partial charge in [-0.3, -0.25) is 0 Å². The Bertz CT molecular complexity index is 515. The van der Waals surface area contributed by atoms with Crippen LogP contribution in [0.4, 0.5) is 4.79 Å². The maximum atomic E-state index is 11.9. The van der Waals surface area contributed by atoms with Crippen LogP contribution in [0.5, 0.6) is 0 Å². The summed E-state index contributed by atoms with van der Waals surface area (Å²) in [4.78, 5) is 23.2. The fraction of sp³-hybridized carbons (Fsp3) is 0.529. The molecule has 0 fully saturated rings. The molecule has 128 valence electrons. The van der Waals surface area contributed by atoms with Gasteiger partial charge < -0.3 is 14.2 Å². The largest absolute Gasteiger partial charge is 0.508 e. The third kappa shape index (κ3) is 8.45. The molecule has 0 aliphatic heterocycles. The Morgan fingerprint density at radius 1 is 1.17 bits per heavy atom. The first-order valence-electron chi connectivity index (χ1n) is 7.64. The van der Waals surface area contributed by atoms with Gasteiger partial charge in [0.15, 0.2) is 0 Å². The molecular formula is C17H23ClO5. The van der Waals surface area contributed by atoms with E-state index in [9.17, 15) is 9.59 Å². The Labute approximate surface area is 141 Å². The van der Waals surface area contributed by atoms with Crippen LogP contribution in [0, 0.1) is 5.92 Å². The van der Waals surface area contributed by atoms with Crippen LogP contribution in [0.15, 0.2) is 24.3 Å². The van der Waals surface area contributed by atoms with E-state index in [1.807, 2.05) is 13.8 Å². The van der Waals surface area contributed by atoms with Crippen molar-refractivity contribution in [3.8, 4) is 0 Å². The van der Waals surface area contributed by atoms with E-state index in [4.69, 9.17) is 25.8 Å². The molecule has 1 unspecified atom stereocenters. The van der Waals surface area contributed by atoms with E-state index in [0.717, 1.165) is 0 Å². The smallest absolute Gasteiger partial charge is 0.459 e. The third-order valence-electron chi connectivity index (χ3n) is 2.88. The highest BCUT2D eigenvalue weighted by Crippen LogP contribution is 2.13. The van der Waals surface area contributed by atoms with E-state index < -0.39 is 12.1 Å². The molecule has 0 aromatic heterocycles. The highest BCUT2D eigenvalue weighted by Gasteiger charge is 2.13. The molecule has 0 bridgehead atoms. The van der Waals surface area contributed by atoms with Crippen LogP contribution in [0.3, 0.4) is 0 Å². The number of carbonyl (C=O) groups is 2. The number of esters is 1. The van der Waals surface area contributed by atoms with Gasteiger partial charge in [-0.25, -0.2) is 9.59 Å². The van der Waals surface area contributed by atoms with Gasteiger partial charge in [-0.2, -0.15) is 0 Å². The molecule has 0 saturated heterocycles. The van der Waals surface area contributed by atoms with Crippen LogP contribution in [-0.2, 0) is 14.2 Å². The Hall–Kier alpha value is -1.75. The number of benzene rings is 1. The molecule has 0 aliphatic rings. The Morgan fingerprint density at radius 2 is 1.91 bits per heavy atom. The molecular weight excluding hydrogens is 320 g/mol. The second kappa shape index (κ2) is 10.1. The van der Waals surface area contributed by atoms with Gasteiger partial charge in [0.2, 0.25) is 0 Å². The fourth-order valence-electron chi connectivity index (χ4n) is 1.73. The van der Waals surface area contributed by atoms with Crippen molar-refractivity contribution >= 4 is 23.7 Å². The van der Waals surface area contributed by atoms with Gasteiger partial charge in [0.05, 0.1) is 24.9 Å². The molecule has 0 N–H and O–H groups in total. The van der Waals surface area contributed by atoms with Crippen molar-refractivity contribution in [1.29, 1.82) is 0 Å². The molecule has 1 rings (SSSR count). The van der Waals surface area contributed by atoms with Crippen molar-refractivity contribution in [2.24, 2.45) is 5.92 Å². The first kappa shape index (κ1) is 19.3. The minimum Gasteiger partial charge on any atom is -0.459 e. The lowest BCUT2D eigenvalue weighted by atomic mass is 10.2. The first-order chi connectivity index (χ1) is 10.9. The average Bonchev–Trinajstić information content (AvgIpc) is 2.49. The molecule has 1 aromatic rings. The summed E-state index contributed by atoms with van der Waals surface area (Å²) in [5.41, 5.74) is 0.415. The number of rotatable bonds is 8. The predicted octanol–water partition coefficient (Wildman–Crippen LogP) is 4.47. The number of hydrogen-bond acceptors (Lipinski definition) is 5. The summed E-state index contributed by atoms with van der Waals surface area (Å²) in [6, 6.07) is 6.59. The molecule has 0 heterocycles. The molecule has 0 spiro atoms. The van der Waals surface area contributed by atoms with Crippen LogP contribution >= 0.6 is 11.6 Å². The summed E-state index contributed by atoms with van der Waals surface area (Å²) in [6.07, 6.45) is 0.226. The predicted molar refractivity (Wildman–Crippen MR) is 87.7 cm³/mol. The third-order valence-corrected chi connectivity index (χ3v) is 3.11. The van der Waals surface area contributed by atoms with Gasteiger partial charge in [0, 0.05) is 5.02 Å². The first-order valence-corrected chi connectivity index (χ1v) is 8.02. The van der Waals surface area contributed by atoms with E-state index >= 15 is 0 Å². The van der Waals surface area contributed by atoms with Crippen molar-refractivity contribution in [2.45, 2.75) is 39.7 Å². The molecule has 5 nitrogen and oxygen atoms in total. The Balaban J connectivity index is 2.20. The average molecular weight is 343 g/mol. The van der Waals surface area contributed by atoms with Crippen molar-refractivity contribution in [2.75, 3.05) is 13.2 Å². The maximum Gasteiger partial charge on any atom is 0.508 e. The normalized spacial score (nSPS) is 11.9. The zero-order valence-corrected chi connectivity index (χ0v) is 14.5. The monoisotopic (exact) mass is 342 g/mol. The van der Waals surface area contributed by atoms with Crippen LogP contribution in [-0.4, -0.2) is 31.4 Å². The van der Waals surface area contributed by atoms with Crippen LogP contribution in [0.1, 0.15) is 44.0 Å². The van der Waals surface area contributed by atoms with Crippen molar-refractivity contribution in [3.05, 3.63) is 34.9 Å². The lowest BCUT2D eigenvalue weighted by molar-refractivity contribution is 0.0260. The number of ether oxygens (including phenoxy) is 3. The summed E-state index contributed by atoms with van der Waals surface area (Å²) < 4.78 is 15.1. The summed E-state index contributed by atoms with van der Waals surface area (Å²) in [5, 5.41) is 0.486. The molecule has 1 atom stereocenters. The van der Waals surface area contributed by atoms with Gasteiger partial charge in [-0.05, 0) is 43.9 Å². The molecule has 0 amide bonds. The second-order valence-electron chi connectivity index (χ2n) is 5.67. The highest BCUT2D eigenvalue weighted by molar-refractivity contribution is 6.30. The molecule has 0 saturated carbocycles. The summed E-state index contributed by atoms with van der Waals surface area (Å²) in [6.45, 7) is 6.26. The van der Waals surface area contributed by atoms with Gasteiger partial charge in [-0.15, -0.1) is 0 Å². The Morgan fingerprint density at radius 3 is 2.57 bits per heavy atom. The minimum atomic E-state index is -0.665. The summed E-state index contributed by atoms with van der Waals surface area (Å²) >= 11 is 5.83. The van der Waals surface area contributed by atoms with Gasteiger partial charge >= 0.3 is 12.1 Å². The zero-order chi connectivity index (χ0) is 17.2. The topological polar surface area (TPSA) is 61.8 Å². The lowest BCUT2D eigenvalue weighted by Gasteiger charge is -2.13. The molecule has 6 heteroatoms. The van der Waals surface area contributed by atoms with Crippen molar-refractivity contribution in [3.63, 3.8) is 0 Å². The van der Waals surface area contributed by atoms with Gasteiger partial charge in [-0.1, -0.05) is 31.5 Å². The van der Waals surface area contributed by atoms with Crippen molar-refractivity contribution < 1.29 is 23.8 Å². The quantitative estimate of drug-likeness (QED) is 0.515. The number of halogens is 1. The minimum absolute atomic E-state index is 0.232.